The summed E-state index contributed by atoms with van der Waals surface area (Å²) in [7, 11) is 0. The first-order valence-electron chi connectivity index (χ1n) is 2.38. The van der Waals surface area contributed by atoms with Gasteiger partial charge in [0, 0.05) is 6.61 Å². The molecule has 1 atom stereocenters. The smallest absolute Gasteiger partial charge is 0.148 e. The van der Waals surface area contributed by atoms with Gasteiger partial charge in [-0.15, -0.1) is 0 Å². The summed E-state index contributed by atoms with van der Waals surface area (Å²) in [4.78, 5) is 9.77. The third-order valence-electron chi connectivity index (χ3n) is 0.621. The van der Waals surface area contributed by atoms with Gasteiger partial charge in [0.2, 0.25) is 0 Å². The highest BCUT2D eigenvalue weighted by Crippen LogP contribution is 1.81. The van der Waals surface area contributed by atoms with Gasteiger partial charge < -0.3 is 9.53 Å². The molecule has 0 fully saturated rings. The van der Waals surface area contributed by atoms with Crippen molar-refractivity contribution in [1.82, 2.24) is 0 Å². The second-order valence-electron chi connectivity index (χ2n) is 1.30. The molecular formula is C5H10O2. The van der Waals surface area contributed by atoms with Crippen molar-refractivity contribution in [2.75, 3.05) is 6.61 Å². The van der Waals surface area contributed by atoms with Crippen molar-refractivity contribution < 1.29 is 9.53 Å². The number of hydrogen-bond acceptors (Lipinski definition) is 2. The van der Waals surface area contributed by atoms with Crippen LogP contribution in [0.5, 0.6) is 0 Å². The van der Waals surface area contributed by atoms with Crippen LogP contribution in [0, 0.1) is 0 Å². The molecule has 0 radical (unpaired) electrons. The largest absolute Gasteiger partial charge is 0.371 e. The van der Waals surface area contributed by atoms with E-state index in [1.807, 2.05) is 6.92 Å². The predicted octanol–water partition coefficient (Wildman–Crippen LogP) is 0.610. The van der Waals surface area contributed by atoms with Gasteiger partial charge in [0.15, 0.2) is 0 Å². The van der Waals surface area contributed by atoms with Gasteiger partial charge in [0.1, 0.15) is 12.4 Å². The Labute approximate surface area is 43.5 Å². The van der Waals surface area contributed by atoms with Crippen molar-refractivity contribution in [3.63, 3.8) is 0 Å². The normalized spacial score (nSPS) is 13.4. The number of rotatable bonds is 3. The molecule has 0 spiro atoms. The van der Waals surface area contributed by atoms with E-state index in [0.717, 1.165) is 6.29 Å². The highest BCUT2D eigenvalue weighted by Gasteiger charge is 1.92. The number of carbonyl (C=O) groups excluding carboxylic acids is 1. The summed E-state index contributed by atoms with van der Waals surface area (Å²) in [6.07, 6.45) is 0.550. The van der Waals surface area contributed by atoms with E-state index in [4.69, 9.17) is 4.74 Å². The molecule has 0 heterocycles. The summed E-state index contributed by atoms with van der Waals surface area (Å²) in [5.74, 6) is 0. The second kappa shape index (κ2) is 3.81. The fourth-order valence-corrected chi connectivity index (χ4v) is 0.302. The minimum absolute atomic E-state index is 0.231. The molecule has 0 aromatic heterocycles. The topological polar surface area (TPSA) is 26.3 Å². The summed E-state index contributed by atoms with van der Waals surface area (Å²) in [6.45, 7) is 4.19. The van der Waals surface area contributed by atoms with Crippen LogP contribution >= 0.6 is 0 Å². The van der Waals surface area contributed by atoms with Gasteiger partial charge in [-0.3, -0.25) is 0 Å². The highest BCUT2D eigenvalue weighted by atomic mass is 16.5. The molecule has 0 amide bonds. The zero-order valence-electron chi connectivity index (χ0n) is 4.68. The van der Waals surface area contributed by atoms with Gasteiger partial charge in [0.25, 0.3) is 0 Å². The Morgan fingerprint density at radius 2 is 2.43 bits per heavy atom. The Kier molecular flexibility index (Phi) is 3.61. The van der Waals surface area contributed by atoms with Crippen molar-refractivity contribution in [2.24, 2.45) is 0 Å². The van der Waals surface area contributed by atoms with E-state index in [0.29, 0.717) is 6.61 Å². The van der Waals surface area contributed by atoms with Gasteiger partial charge in [-0.1, -0.05) is 0 Å². The van der Waals surface area contributed by atoms with Gasteiger partial charge in [-0.25, -0.2) is 0 Å². The van der Waals surface area contributed by atoms with Gasteiger partial charge in [-0.2, -0.15) is 0 Å². The molecule has 0 N–H and O–H groups in total. The maximum absolute atomic E-state index is 9.77. The zero-order chi connectivity index (χ0) is 5.70. The molecule has 2 heteroatoms. The third-order valence-corrected chi connectivity index (χ3v) is 0.621. The van der Waals surface area contributed by atoms with Gasteiger partial charge in [-0.05, 0) is 13.8 Å². The van der Waals surface area contributed by atoms with Crippen LogP contribution in [0.1, 0.15) is 13.8 Å². The molecule has 2 nitrogen and oxygen atoms in total. The molecular weight excluding hydrogens is 92.1 g/mol. The number of ether oxygens (including phenoxy) is 1. The second-order valence-corrected chi connectivity index (χ2v) is 1.30. The van der Waals surface area contributed by atoms with Gasteiger partial charge >= 0.3 is 0 Å². The summed E-state index contributed by atoms with van der Waals surface area (Å²) in [5.41, 5.74) is 0. The fourth-order valence-electron chi connectivity index (χ4n) is 0.302. The molecule has 7 heavy (non-hydrogen) atoms. The van der Waals surface area contributed by atoms with Crippen LogP contribution in [0.2, 0.25) is 0 Å². The van der Waals surface area contributed by atoms with Crippen LogP contribution in [-0.4, -0.2) is 19.0 Å². The van der Waals surface area contributed by atoms with Gasteiger partial charge in [0.05, 0.1) is 0 Å². The predicted molar refractivity (Wildman–Crippen MR) is 27.2 cm³/mol. The molecule has 0 aliphatic heterocycles. The summed E-state index contributed by atoms with van der Waals surface area (Å²) < 4.78 is 4.82. The maximum atomic E-state index is 9.77. The van der Waals surface area contributed by atoms with Crippen LogP contribution in [0.4, 0.5) is 0 Å². The Bertz CT molecular complexity index is 52.0. The van der Waals surface area contributed by atoms with E-state index in [2.05, 4.69) is 0 Å². The summed E-state index contributed by atoms with van der Waals surface area (Å²) in [5, 5.41) is 0. The molecule has 42 valence electrons. The summed E-state index contributed by atoms with van der Waals surface area (Å²) >= 11 is 0. The average Bonchev–Trinajstić information content (AvgIpc) is 1.68. The lowest BCUT2D eigenvalue weighted by atomic mass is 10.5. The Hall–Kier alpha value is -0.370. The monoisotopic (exact) mass is 102 g/mol. The Morgan fingerprint density at radius 3 is 2.57 bits per heavy atom. The van der Waals surface area contributed by atoms with E-state index in [1.165, 1.54) is 0 Å². The molecule has 0 aromatic rings. The molecule has 0 bridgehead atoms. The standard InChI is InChI=1S/C5H10O2/c1-3-7-5(2)4-6/h4-5H,3H2,1-2H3/t5-/m1/s1. The molecule has 0 rings (SSSR count). The number of carbonyl (C=O) groups is 1. The van der Waals surface area contributed by atoms with E-state index in [9.17, 15) is 4.79 Å². The van der Waals surface area contributed by atoms with Crippen molar-refractivity contribution in [1.29, 1.82) is 0 Å². The highest BCUT2D eigenvalue weighted by molar-refractivity contribution is 5.54. The number of hydrogen-bond donors (Lipinski definition) is 0. The zero-order valence-corrected chi connectivity index (χ0v) is 4.68. The third kappa shape index (κ3) is 3.46. The van der Waals surface area contributed by atoms with E-state index in [1.54, 1.807) is 6.92 Å². The van der Waals surface area contributed by atoms with Crippen LogP contribution in [0.15, 0.2) is 0 Å². The number of aldehydes is 1. The quantitative estimate of drug-likeness (QED) is 0.488. The van der Waals surface area contributed by atoms with Crippen molar-refractivity contribution in [3.8, 4) is 0 Å². The van der Waals surface area contributed by atoms with Crippen LogP contribution in [0.25, 0.3) is 0 Å². The minimum Gasteiger partial charge on any atom is -0.371 e. The van der Waals surface area contributed by atoms with E-state index < -0.39 is 0 Å². The van der Waals surface area contributed by atoms with Crippen molar-refractivity contribution in [2.45, 2.75) is 20.0 Å². The molecule has 0 aliphatic rings. The molecule has 0 saturated carbocycles. The first-order chi connectivity index (χ1) is 3.31. The lowest BCUT2D eigenvalue weighted by Gasteiger charge is -1.99. The minimum atomic E-state index is -0.231. The Balaban J connectivity index is 2.98. The maximum Gasteiger partial charge on any atom is 0.148 e. The first kappa shape index (κ1) is 6.63. The van der Waals surface area contributed by atoms with Crippen LogP contribution in [-0.2, 0) is 9.53 Å². The van der Waals surface area contributed by atoms with E-state index in [-0.39, 0.29) is 6.10 Å². The SMILES string of the molecule is CCO[C@H](C)C=O. The molecule has 0 unspecified atom stereocenters. The first-order valence-corrected chi connectivity index (χ1v) is 2.38. The fraction of sp³-hybridized carbons (Fsp3) is 0.800. The molecule has 0 saturated heterocycles. The van der Waals surface area contributed by atoms with Crippen LogP contribution in [0.3, 0.4) is 0 Å². The lowest BCUT2D eigenvalue weighted by Crippen LogP contribution is -2.07. The van der Waals surface area contributed by atoms with E-state index >= 15 is 0 Å². The molecule has 0 aliphatic carbocycles. The van der Waals surface area contributed by atoms with Crippen molar-refractivity contribution in [3.05, 3.63) is 0 Å². The average molecular weight is 102 g/mol. The van der Waals surface area contributed by atoms with Crippen LogP contribution < -0.4 is 0 Å². The van der Waals surface area contributed by atoms with Crippen molar-refractivity contribution >= 4 is 6.29 Å². The summed E-state index contributed by atoms with van der Waals surface area (Å²) in [6, 6.07) is 0. The molecule has 0 aromatic carbocycles. The lowest BCUT2D eigenvalue weighted by molar-refractivity contribution is -0.116. The Morgan fingerprint density at radius 1 is 1.86 bits per heavy atom.